The second kappa shape index (κ2) is 7.49. The summed E-state index contributed by atoms with van der Waals surface area (Å²) in [6.07, 6.45) is 3.86. The van der Waals surface area contributed by atoms with Gasteiger partial charge in [-0.2, -0.15) is 0 Å². The molecule has 1 amide bonds. The lowest BCUT2D eigenvalue weighted by atomic mass is 10.0. The molecule has 3 N–H and O–H groups in total. The molecule has 0 spiro atoms. The summed E-state index contributed by atoms with van der Waals surface area (Å²) in [5.41, 5.74) is 6.22. The van der Waals surface area contributed by atoms with Crippen LogP contribution in [-0.2, 0) is 11.3 Å². The standard InChI is InChI=1S/C13H18Br2N4O/c14-9-5-11(15)12(18-6-9)7-17-10-1-3-19(4-2-10)8-13(16)20/h5-6,10,17H,1-4,7-8H2,(H2,16,20). The van der Waals surface area contributed by atoms with E-state index in [1.807, 2.05) is 6.07 Å². The number of aromatic nitrogens is 1. The van der Waals surface area contributed by atoms with Crippen molar-refractivity contribution in [2.24, 2.45) is 5.73 Å². The zero-order valence-electron chi connectivity index (χ0n) is 11.1. The predicted molar refractivity (Wildman–Crippen MR) is 85.1 cm³/mol. The van der Waals surface area contributed by atoms with E-state index in [0.717, 1.165) is 47.1 Å². The van der Waals surface area contributed by atoms with Crippen LogP contribution < -0.4 is 11.1 Å². The number of piperidine rings is 1. The van der Waals surface area contributed by atoms with Crippen LogP contribution in [0.15, 0.2) is 21.2 Å². The molecular formula is C13H18Br2N4O. The minimum atomic E-state index is -0.251. The van der Waals surface area contributed by atoms with Crippen LogP contribution in [0.1, 0.15) is 18.5 Å². The summed E-state index contributed by atoms with van der Waals surface area (Å²) < 4.78 is 1.97. The molecule has 1 aliphatic rings. The topological polar surface area (TPSA) is 71.2 Å². The van der Waals surface area contributed by atoms with Crippen LogP contribution in [0.2, 0.25) is 0 Å². The van der Waals surface area contributed by atoms with Gasteiger partial charge in [0.05, 0.1) is 12.2 Å². The molecule has 20 heavy (non-hydrogen) atoms. The van der Waals surface area contributed by atoms with E-state index in [4.69, 9.17) is 5.73 Å². The van der Waals surface area contributed by atoms with Gasteiger partial charge in [0.2, 0.25) is 5.91 Å². The lowest BCUT2D eigenvalue weighted by Gasteiger charge is -2.31. The van der Waals surface area contributed by atoms with Gasteiger partial charge in [0.25, 0.3) is 0 Å². The fourth-order valence-corrected chi connectivity index (χ4v) is 3.46. The molecule has 0 bridgehead atoms. The van der Waals surface area contributed by atoms with Crippen LogP contribution in [0, 0.1) is 0 Å². The molecule has 5 nitrogen and oxygen atoms in total. The molecule has 0 saturated carbocycles. The Morgan fingerprint density at radius 3 is 2.75 bits per heavy atom. The van der Waals surface area contributed by atoms with E-state index in [0.29, 0.717) is 12.6 Å². The summed E-state index contributed by atoms with van der Waals surface area (Å²) in [6.45, 7) is 2.94. The van der Waals surface area contributed by atoms with Crippen molar-refractivity contribution in [3.8, 4) is 0 Å². The Bertz CT molecular complexity index is 475. The Labute approximate surface area is 135 Å². The van der Waals surface area contributed by atoms with E-state index in [9.17, 15) is 4.79 Å². The van der Waals surface area contributed by atoms with Crippen molar-refractivity contribution in [1.29, 1.82) is 0 Å². The Balaban J connectivity index is 1.77. The highest BCUT2D eigenvalue weighted by molar-refractivity contribution is 9.11. The number of hydrogen-bond acceptors (Lipinski definition) is 4. The smallest absolute Gasteiger partial charge is 0.231 e. The van der Waals surface area contributed by atoms with Gasteiger partial charge in [0.15, 0.2) is 0 Å². The first-order valence-corrected chi connectivity index (χ1v) is 8.17. The van der Waals surface area contributed by atoms with Gasteiger partial charge in [-0.25, -0.2) is 0 Å². The third-order valence-corrected chi connectivity index (χ3v) is 4.53. The lowest BCUT2D eigenvalue weighted by molar-refractivity contribution is -0.119. The number of nitrogens with zero attached hydrogens (tertiary/aromatic N) is 2. The molecule has 1 aliphatic heterocycles. The van der Waals surface area contributed by atoms with Crippen LogP contribution in [0.3, 0.4) is 0 Å². The molecule has 1 fully saturated rings. The van der Waals surface area contributed by atoms with Gasteiger partial charge in [-0.1, -0.05) is 0 Å². The number of nitrogens with two attached hydrogens (primary N) is 1. The number of amides is 1. The summed E-state index contributed by atoms with van der Waals surface area (Å²) in [6, 6.07) is 2.47. The Morgan fingerprint density at radius 2 is 2.15 bits per heavy atom. The molecule has 0 unspecified atom stereocenters. The second-order valence-electron chi connectivity index (χ2n) is 4.98. The van der Waals surface area contributed by atoms with Crippen molar-refractivity contribution >= 4 is 37.8 Å². The van der Waals surface area contributed by atoms with Gasteiger partial charge in [0, 0.05) is 40.8 Å². The van der Waals surface area contributed by atoms with Crippen molar-refractivity contribution in [2.75, 3.05) is 19.6 Å². The van der Waals surface area contributed by atoms with Crippen LogP contribution in [0.5, 0.6) is 0 Å². The van der Waals surface area contributed by atoms with E-state index in [1.54, 1.807) is 6.20 Å². The largest absolute Gasteiger partial charge is 0.369 e. The summed E-state index contributed by atoms with van der Waals surface area (Å²) in [4.78, 5) is 17.4. The van der Waals surface area contributed by atoms with E-state index in [-0.39, 0.29) is 5.91 Å². The zero-order valence-corrected chi connectivity index (χ0v) is 14.3. The zero-order chi connectivity index (χ0) is 14.5. The fraction of sp³-hybridized carbons (Fsp3) is 0.538. The SMILES string of the molecule is NC(=O)CN1CCC(NCc2ncc(Br)cc2Br)CC1. The number of hydrogen-bond donors (Lipinski definition) is 2. The predicted octanol–water partition coefficient (Wildman–Crippen LogP) is 1.65. The van der Waals surface area contributed by atoms with Crippen LogP contribution in [-0.4, -0.2) is 41.5 Å². The van der Waals surface area contributed by atoms with Crippen LogP contribution in [0.4, 0.5) is 0 Å². The lowest BCUT2D eigenvalue weighted by Crippen LogP contribution is -2.45. The third kappa shape index (κ3) is 4.80. The quantitative estimate of drug-likeness (QED) is 0.781. The second-order valence-corrected chi connectivity index (χ2v) is 6.75. The normalized spacial score (nSPS) is 17.3. The van der Waals surface area contributed by atoms with Gasteiger partial charge in [-0.15, -0.1) is 0 Å². The van der Waals surface area contributed by atoms with Gasteiger partial charge >= 0.3 is 0 Å². The first kappa shape index (κ1) is 15.9. The number of pyridine rings is 1. The number of carbonyl (C=O) groups is 1. The molecule has 110 valence electrons. The van der Waals surface area contributed by atoms with Crippen molar-refractivity contribution < 1.29 is 4.79 Å². The first-order valence-electron chi connectivity index (χ1n) is 6.58. The molecule has 1 saturated heterocycles. The number of nitrogens with one attached hydrogen (secondary N) is 1. The average Bonchev–Trinajstić information content (AvgIpc) is 2.39. The van der Waals surface area contributed by atoms with Crippen molar-refractivity contribution in [3.05, 3.63) is 26.9 Å². The molecule has 7 heteroatoms. The molecule has 0 atom stereocenters. The molecule has 2 rings (SSSR count). The summed E-state index contributed by atoms with van der Waals surface area (Å²) in [7, 11) is 0. The maximum Gasteiger partial charge on any atom is 0.231 e. The number of halogens is 2. The monoisotopic (exact) mass is 404 g/mol. The van der Waals surface area contributed by atoms with Gasteiger partial charge in [-0.3, -0.25) is 14.7 Å². The average molecular weight is 406 g/mol. The number of rotatable bonds is 5. The number of primary amides is 1. The maximum atomic E-state index is 10.9. The number of carbonyl (C=O) groups excluding carboxylic acids is 1. The molecule has 1 aromatic rings. The highest BCUT2D eigenvalue weighted by Gasteiger charge is 2.19. The minimum Gasteiger partial charge on any atom is -0.369 e. The van der Waals surface area contributed by atoms with Crippen LogP contribution in [0.25, 0.3) is 0 Å². The van der Waals surface area contributed by atoms with Crippen molar-refractivity contribution in [3.63, 3.8) is 0 Å². The molecular weight excluding hydrogens is 388 g/mol. The van der Waals surface area contributed by atoms with E-state index >= 15 is 0 Å². The molecule has 2 heterocycles. The Hall–Kier alpha value is -0.500. The summed E-state index contributed by atoms with van der Waals surface area (Å²) in [5, 5.41) is 3.52. The Morgan fingerprint density at radius 1 is 1.45 bits per heavy atom. The highest BCUT2D eigenvalue weighted by atomic mass is 79.9. The van der Waals surface area contributed by atoms with Gasteiger partial charge < -0.3 is 11.1 Å². The molecule has 0 radical (unpaired) electrons. The summed E-state index contributed by atoms with van der Waals surface area (Å²) in [5.74, 6) is -0.251. The first-order chi connectivity index (χ1) is 9.54. The third-order valence-electron chi connectivity index (χ3n) is 3.41. The minimum absolute atomic E-state index is 0.251. The molecule has 1 aromatic heterocycles. The van der Waals surface area contributed by atoms with Crippen molar-refractivity contribution in [1.82, 2.24) is 15.2 Å². The van der Waals surface area contributed by atoms with Gasteiger partial charge in [0.1, 0.15) is 0 Å². The van der Waals surface area contributed by atoms with Crippen molar-refractivity contribution in [2.45, 2.75) is 25.4 Å². The molecule has 0 aromatic carbocycles. The van der Waals surface area contributed by atoms with Gasteiger partial charge in [-0.05, 0) is 50.8 Å². The summed E-state index contributed by atoms with van der Waals surface area (Å²) >= 11 is 6.91. The van der Waals surface area contributed by atoms with Crippen LogP contribution >= 0.6 is 31.9 Å². The maximum absolute atomic E-state index is 10.9. The van der Waals surface area contributed by atoms with E-state index < -0.39 is 0 Å². The molecule has 0 aliphatic carbocycles. The fourth-order valence-electron chi connectivity index (χ4n) is 2.33. The number of likely N-dealkylation sites (tertiary alicyclic amines) is 1. The highest BCUT2D eigenvalue weighted by Crippen LogP contribution is 2.20. The Kier molecular flexibility index (Phi) is 5.95. The van der Waals surface area contributed by atoms with E-state index in [2.05, 4.69) is 47.1 Å². The van der Waals surface area contributed by atoms with E-state index in [1.165, 1.54) is 0 Å².